The smallest absolute Gasteiger partial charge is 0.336 e. The molecule has 1 aliphatic rings. The van der Waals surface area contributed by atoms with E-state index in [1.165, 1.54) is 32.1 Å². The number of para-hydroxylation sites is 2. The van der Waals surface area contributed by atoms with Crippen molar-refractivity contribution in [2.24, 2.45) is 5.92 Å². The van der Waals surface area contributed by atoms with Gasteiger partial charge in [-0.15, -0.1) is 11.8 Å². The van der Waals surface area contributed by atoms with Crippen molar-refractivity contribution in [1.29, 1.82) is 0 Å². The fourth-order valence-electron chi connectivity index (χ4n) is 4.47. The highest BCUT2D eigenvalue weighted by Crippen LogP contribution is 2.29. The number of hydrogen-bond donors (Lipinski definition) is 1. The second-order valence-corrected chi connectivity index (χ2v) is 9.76. The largest absolute Gasteiger partial charge is 0.478 e. The molecular formula is C26H32N2O3S. The molecule has 0 saturated heterocycles. The van der Waals surface area contributed by atoms with E-state index in [1.54, 1.807) is 23.9 Å². The molecule has 0 amide bonds. The van der Waals surface area contributed by atoms with Gasteiger partial charge in [-0.3, -0.25) is 0 Å². The van der Waals surface area contributed by atoms with Crippen LogP contribution in [0.25, 0.3) is 11.1 Å². The van der Waals surface area contributed by atoms with Gasteiger partial charge < -0.3 is 14.4 Å². The predicted molar refractivity (Wildman–Crippen MR) is 131 cm³/mol. The van der Waals surface area contributed by atoms with E-state index in [2.05, 4.69) is 4.90 Å². The minimum atomic E-state index is -0.857. The summed E-state index contributed by atoms with van der Waals surface area (Å²) in [6.07, 6.45) is 9.87. The van der Waals surface area contributed by atoms with Crippen LogP contribution in [-0.2, 0) is 0 Å². The minimum Gasteiger partial charge on any atom is -0.478 e. The highest BCUT2D eigenvalue weighted by Gasteiger charge is 2.21. The Hall–Kier alpha value is -2.47. The van der Waals surface area contributed by atoms with Crippen LogP contribution in [0.5, 0.6) is 0 Å². The Labute approximate surface area is 194 Å². The molecule has 2 aromatic carbocycles. The van der Waals surface area contributed by atoms with Crippen LogP contribution in [-0.4, -0.2) is 34.9 Å². The van der Waals surface area contributed by atoms with Crippen molar-refractivity contribution in [3.05, 3.63) is 54.1 Å². The lowest BCUT2D eigenvalue weighted by atomic mass is 9.89. The fraction of sp³-hybridized carbons (Fsp3) is 0.462. The van der Waals surface area contributed by atoms with E-state index in [0.717, 1.165) is 66.0 Å². The number of carboxylic acid groups (broad SMARTS) is 1. The number of hydrogen-bond acceptors (Lipinski definition) is 5. The molecule has 6 heteroatoms. The van der Waals surface area contributed by atoms with Crippen molar-refractivity contribution in [3.8, 4) is 0 Å². The van der Waals surface area contributed by atoms with Gasteiger partial charge in [0, 0.05) is 18.0 Å². The maximum absolute atomic E-state index is 11.4. The molecular weight excluding hydrogens is 420 g/mol. The molecule has 32 heavy (non-hydrogen) atoms. The third kappa shape index (κ3) is 6.06. The van der Waals surface area contributed by atoms with Gasteiger partial charge in [0.1, 0.15) is 5.52 Å². The van der Waals surface area contributed by atoms with Gasteiger partial charge in [0.25, 0.3) is 6.01 Å². The van der Waals surface area contributed by atoms with E-state index < -0.39 is 5.97 Å². The van der Waals surface area contributed by atoms with Crippen LogP contribution >= 0.6 is 11.8 Å². The number of rotatable bonds is 11. The predicted octanol–water partition coefficient (Wildman–Crippen LogP) is 6.88. The number of thioether (sulfide) groups is 1. The summed E-state index contributed by atoms with van der Waals surface area (Å²) >= 11 is 1.64. The molecule has 1 heterocycles. The standard InChI is InChI=1S/C26H32N2O3S/c29-25(30)21-13-5-8-16-24(21)32-18-10-2-9-17-28(19-20-11-3-1-4-12-20)26-27-22-14-6-7-15-23(22)31-26/h5-8,13-16,20H,1-4,9-12,17-19H2,(H,29,30). The average molecular weight is 453 g/mol. The third-order valence-corrected chi connectivity index (χ3v) is 7.36. The summed E-state index contributed by atoms with van der Waals surface area (Å²) in [4.78, 5) is 19.3. The summed E-state index contributed by atoms with van der Waals surface area (Å²) in [6.45, 7) is 1.97. The molecule has 1 aromatic heterocycles. The van der Waals surface area contributed by atoms with Crippen molar-refractivity contribution in [1.82, 2.24) is 4.98 Å². The molecule has 0 radical (unpaired) electrons. The van der Waals surface area contributed by atoms with Crippen molar-refractivity contribution >= 4 is 34.8 Å². The summed E-state index contributed by atoms with van der Waals surface area (Å²) in [5.74, 6) is 0.794. The Bertz CT molecular complexity index is 980. The first kappa shape index (κ1) is 22.7. The van der Waals surface area contributed by atoms with Crippen molar-refractivity contribution < 1.29 is 14.3 Å². The van der Waals surface area contributed by atoms with E-state index in [4.69, 9.17) is 9.40 Å². The molecule has 1 N–H and O–H groups in total. The summed E-state index contributed by atoms with van der Waals surface area (Å²) in [5, 5.41) is 9.33. The van der Waals surface area contributed by atoms with E-state index >= 15 is 0 Å². The molecule has 0 aliphatic heterocycles. The summed E-state index contributed by atoms with van der Waals surface area (Å²) in [6, 6.07) is 16.0. The number of nitrogens with zero attached hydrogens (tertiary/aromatic N) is 2. The molecule has 0 spiro atoms. The fourth-order valence-corrected chi connectivity index (χ4v) is 5.53. The van der Waals surface area contributed by atoms with E-state index in [9.17, 15) is 9.90 Å². The average Bonchev–Trinajstić information content (AvgIpc) is 3.25. The van der Waals surface area contributed by atoms with E-state index in [1.807, 2.05) is 36.4 Å². The van der Waals surface area contributed by atoms with Crippen LogP contribution in [0.1, 0.15) is 61.7 Å². The van der Waals surface area contributed by atoms with Gasteiger partial charge in [0.15, 0.2) is 5.58 Å². The number of carboxylic acids is 1. The van der Waals surface area contributed by atoms with Gasteiger partial charge in [0.2, 0.25) is 0 Å². The highest BCUT2D eigenvalue weighted by molar-refractivity contribution is 7.99. The number of aromatic nitrogens is 1. The Morgan fingerprint density at radius 1 is 1.03 bits per heavy atom. The van der Waals surface area contributed by atoms with E-state index in [0.29, 0.717) is 5.56 Å². The third-order valence-electron chi connectivity index (χ3n) is 6.20. The van der Waals surface area contributed by atoms with Gasteiger partial charge in [-0.05, 0) is 61.6 Å². The zero-order valence-corrected chi connectivity index (χ0v) is 19.4. The topological polar surface area (TPSA) is 66.6 Å². The van der Waals surface area contributed by atoms with E-state index in [-0.39, 0.29) is 0 Å². The van der Waals surface area contributed by atoms with Crippen LogP contribution in [0.2, 0.25) is 0 Å². The van der Waals surface area contributed by atoms with Gasteiger partial charge >= 0.3 is 5.97 Å². The number of benzene rings is 2. The SMILES string of the molecule is O=C(O)c1ccccc1SCCCCCN(CC1CCCCC1)c1nc2ccccc2o1. The second kappa shape index (κ2) is 11.4. The second-order valence-electron chi connectivity index (χ2n) is 8.62. The molecule has 0 atom stereocenters. The molecule has 170 valence electrons. The number of fused-ring (bicyclic) bond motifs is 1. The minimum absolute atomic E-state index is 0.395. The van der Waals surface area contributed by atoms with Crippen molar-refractivity contribution in [2.75, 3.05) is 23.7 Å². The molecule has 5 nitrogen and oxygen atoms in total. The lowest BCUT2D eigenvalue weighted by Gasteiger charge is -2.28. The molecule has 1 fully saturated rings. The highest BCUT2D eigenvalue weighted by atomic mass is 32.2. The molecule has 0 unspecified atom stereocenters. The summed E-state index contributed by atoms with van der Waals surface area (Å²) in [5.41, 5.74) is 2.17. The lowest BCUT2D eigenvalue weighted by molar-refractivity contribution is 0.0693. The van der Waals surface area contributed by atoms with Crippen LogP contribution in [0.3, 0.4) is 0 Å². The Kier molecular flexibility index (Phi) is 8.10. The Balaban J connectivity index is 1.30. The summed E-state index contributed by atoms with van der Waals surface area (Å²) < 4.78 is 6.10. The molecule has 1 aliphatic carbocycles. The Morgan fingerprint density at radius 3 is 2.62 bits per heavy atom. The number of oxazole rings is 1. The van der Waals surface area contributed by atoms with Gasteiger partial charge in [0.05, 0.1) is 5.56 Å². The van der Waals surface area contributed by atoms with Crippen LogP contribution in [0.4, 0.5) is 6.01 Å². The first-order valence-corrected chi connectivity index (χ1v) is 12.7. The van der Waals surface area contributed by atoms with Crippen LogP contribution in [0, 0.1) is 5.92 Å². The first-order chi connectivity index (χ1) is 15.7. The number of aromatic carboxylic acids is 1. The maximum atomic E-state index is 11.4. The van der Waals surface area contributed by atoms with Crippen LogP contribution in [0.15, 0.2) is 57.8 Å². The maximum Gasteiger partial charge on any atom is 0.336 e. The normalized spacial score (nSPS) is 14.6. The molecule has 3 aromatic rings. The molecule has 4 rings (SSSR count). The van der Waals surface area contributed by atoms with Crippen LogP contribution < -0.4 is 4.90 Å². The number of carbonyl (C=O) groups is 1. The first-order valence-electron chi connectivity index (χ1n) is 11.8. The van der Waals surface area contributed by atoms with Gasteiger partial charge in [-0.2, -0.15) is 4.98 Å². The monoisotopic (exact) mass is 452 g/mol. The molecule has 0 bridgehead atoms. The number of unbranched alkanes of at least 4 members (excludes halogenated alkanes) is 2. The van der Waals surface area contributed by atoms with Gasteiger partial charge in [-0.1, -0.05) is 49.9 Å². The Morgan fingerprint density at radius 2 is 1.81 bits per heavy atom. The zero-order chi connectivity index (χ0) is 22.2. The quantitative estimate of drug-likeness (QED) is 0.253. The zero-order valence-electron chi connectivity index (χ0n) is 18.5. The molecule has 1 saturated carbocycles. The van der Waals surface area contributed by atoms with Gasteiger partial charge in [-0.25, -0.2) is 4.79 Å². The van der Waals surface area contributed by atoms with Crippen molar-refractivity contribution in [3.63, 3.8) is 0 Å². The van der Waals surface area contributed by atoms with Crippen molar-refractivity contribution in [2.45, 2.75) is 56.3 Å². The summed E-state index contributed by atoms with van der Waals surface area (Å²) in [7, 11) is 0. The lowest BCUT2D eigenvalue weighted by Crippen LogP contribution is -2.31. The number of anilines is 1.